The minimum atomic E-state index is -0.702. The summed E-state index contributed by atoms with van der Waals surface area (Å²) in [6.45, 7) is 1.64. The number of para-hydroxylation sites is 1. The average molecular weight is 270 g/mol. The van der Waals surface area contributed by atoms with Gasteiger partial charge in [-0.25, -0.2) is 4.39 Å². The molecule has 0 aromatic heterocycles. The fourth-order valence-electron chi connectivity index (χ4n) is 2.11. The van der Waals surface area contributed by atoms with Gasteiger partial charge in [0, 0.05) is 18.3 Å². The van der Waals surface area contributed by atoms with Crippen LogP contribution in [0.25, 0.3) is 0 Å². The zero-order chi connectivity index (χ0) is 14.7. The molecule has 0 unspecified atom stereocenters. The van der Waals surface area contributed by atoms with E-state index < -0.39 is 6.10 Å². The Morgan fingerprint density at radius 2 is 1.90 bits per heavy atom. The van der Waals surface area contributed by atoms with Crippen molar-refractivity contribution in [3.8, 4) is 6.07 Å². The Labute approximate surface area is 117 Å². The van der Waals surface area contributed by atoms with E-state index in [-0.39, 0.29) is 5.82 Å². The van der Waals surface area contributed by atoms with E-state index in [1.54, 1.807) is 55.3 Å². The molecule has 2 aromatic rings. The number of nitrogens with zero attached hydrogens (tertiary/aromatic N) is 2. The van der Waals surface area contributed by atoms with Crippen molar-refractivity contribution in [2.24, 2.45) is 0 Å². The van der Waals surface area contributed by atoms with Gasteiger partial charge in [-0.3, -0.25) is 0 Å². The predicted molar refractivity (Wildman–Crippen MR) is 76.3 cm³/mol. The van der Waals surface area contributed by atoms with Crippen molar-refractivity contribution in [1.29, 1.82) is 5.26 Å². The molecule has 0 bridgehead atoms. The van der Waals surface area contributed by atoms with Gasteiger partial charge in [-0.05, 0) is 31.2 Å². The second-order valence-electron chi connectivity index (χ2n) is 4.57. The van der Waals surface area contributed by atoms with Crippen molar-refractivity contribution in [3.05, 3.63) is 59.4 Å². The molecule has 0 saturated heterocycles. The van der Waals surface area contributed by atoms with Crippen molar-refractivity contribution in [1.82, 2.24) is 0 Å². The van der Waals surface area contributed by atoms with Gasteiger partial charge in [0.25, 0.3) is 0 Å². The first kappa shape index (κ1) is 14.0. The third-order valence-electron chi connectivity index (χ3n) is 3.18. The van der Waals surface area contributed by atoms with Crippen molar-refractivity contribution < 1.29 is 9.50 Å². The maximum atomic E-state index is 13.9. The van der Waals surface area contributed by atoms with Gasteiger partial charge in [-0.1, -0.05) is 18.2 Å². The molecule has 0 fully saturated rings. The normalized spacial score (nSPS) is 11.8. The number of halogens is 1. The Hall–Kier alpha value is -2.38. The summed E-state index contributed by atoms with van der Waals surface area (Å²) in [6.07, 6.45) is -0.702. The summed E-state index contributed by atoms with van der Waals surface area (Å²) >= 11 is 0. The van der Waals surface area contributed by atoms with Crippen LogP contribution in [-0.2, 0) is 0 Å². The van der Waals surface area contributed by atoms with E-state index in [4.69, 9.17) is 5.26 Å². The number of nitriles is 1. The summed E-state index contributed by atoms with van der Waals surface area (Å²) < 4.78 is 13.9. The third-order valence-corrected chi connectivity index (χ3v) is 3.18. The van der Waals surface area contributed by atoms with Crippen LogP contribution in [0.4, 0.5) is 15.8 Å². The summed E-state index contributed by atoms with van der Waals surface area (Å²) in [7, 11) is 1.71. The van der Waals surface area contributed by atoms with Crippen LogP contribution in [0.1, 0.15) is 24.2 Å². The molecular formula is C16H15FN2O. The molecule has 2 aromatic carbocycles. The molecule has 0 aliphatic carbocycles. The van der Waals surface area contributed by atoms with E-state index in [1.165, 1.54) is 6.07 Å². The lowest BCUT2D eigenvalue weighted by Crippen LogP contribution is -2.14. The molecule has 1 atom stereocenters. The van der Waals surface area contributed by atoms with E-state index >= 15 is 0 Å². The molecule has 1 N–H and O–H groups in total. The maximum Gasteiger partial charge on any atom is 0.146 e. The lowest BCUT2D eigenvalue weighted by Gasteiger charge is -2.24. The highest BCUT2D eigenvalue weighted by Crippen LogP contribution is 2.32. The fraction of sp³-hybridized carbons (Fsp3) is 0.188. The molecule has 20 heavy (non-hydrogen) atoms. The van der Waals surface area contributed by atoms with Gasteiger partial charge in [-0.15, -0.1) is 0 Å². The fourth-order valence-corrected chi connectivity index (χ4v) is 2.11. The lowest BCUT2D eigenvalue weighted by molar-refractivity contribution is 0.200. The van der Waals surface area contributed by atoms with Crippen molar-refractivity contribution in [3.63, 3.8) is 0 Å². The maximum absolute atomic E-state index is 13.9. The topological polar surface area (TPSA) is 47.3 Å². The number of aliphatic hydroxyl groups is 1. The van der Waals surface area contributed by atoms with Gasteiger partial charge in [0.2, 0.25) is 0 Å². The smallest absolute Gasteiger partial charge is 0.146 e. The van der Waals surface area contributed by atoms with Crippen molar-refractivity contribution in [2.75, 3.05) is 11.9 Å². The van der Waals surface area contributed by atoms with Crippen LogP contribution >= 0.6 is 0 Å². The molecule has 0 spiro atoms. The van der Waals surface area contributed by atoms with Crippen LogP contribution in [0.15, 0.2) is 42.5 Å². The summed E-state index contributed by atoms with van der Waals surface area (Å²) in [6, 6.07) is 13.4. The zero-order valence-electron chi connectivity index (χ0n) is 11.3. The number of benzene rings is 2. The van der Waals surface area contributed by atoms with Gasteiger partial charge in [0.15, 0.2) is 0 Å². The number of aliphatic hydroxyl groups excluding tert-OH is 1. The van der Waals surface area contributed by atoms with Crippen molar-refractivity contribution in [2.45, 2.75) is 13.0 Å². The number of rotatable bonds is 3. The molecule has 102 valence electrons. The molecule has 0 aliphatic rings. The summed E-state index contributed by atoms with van der Waals surface area (Å²) in [4.78, 5) is 1.64. The van der Waals surface area contributed by atoms with Gasteiger partial charge in [0.1, 0.15) is 5.82 Å². The predicted octanol–water partition coefficient (Wildman–Crippen LogP) is 3.52. The molecular weight excluding hydrogens is 255 g/mol. The van der Waals surface area contributed by atoms with E-state index in [0.29, 0.717) is 22.5 Å². The Morgan fingerprint density at radius 3 is 2.50 bits per heavy atom. The molecule has 4 heteroatoms. The van der Waals surface area contributed by atoms with E-state index in [9.17, 15) is 9.50 Å². The second kappa shape index (κ2) is 5.72. The number of hydrogen-bond acceptors (Lipinski definition) is 3. The monoisotopic (exact) mass is 270 g/mol. The Kier molecular flexibility index (Phi) is 4.02. The Balaban J connectivity index is 2.56. The number of hydrogen-bond donors (Lipinski definition) is 1. The standard InChI is InChI=1S/C16H15FN2O/c1-11(20)13-8-7-12(10-18)9-16(13)19(2)15-6-4-3-5-14(15)17/h3-9,11,20H,1-2H3/t11-/m0/s1. The first-order chi connectivity index (χ1) is 9.54. The highest BCUT2D eigenvalue weighted by Gasteiger charge is 2.16. The summed E-state index contributed by atoms with van der Waals surface area (Å²) in [5.74, 6) is -0.353. The molecule has 0 heterocycles. The molecule has 0 saturated carbocycles. The van der Waals surface area contributed by atoms with Crippen LogP contribution in [0, 0.1) is 17.1 Å². The van der Waals surface area contributed by atoms with Crippen molar-refractivity contribution >= 4 is 11.4 Å². The molecule has 0 radical (unpaired) electrons. The quantitative estimate of drug-likeness (QED) is 0.928. The third kappa shape index (κ3) is 2.63. The molecule has 0 amide bonds. The van der Waals surface area contributed by atoms with Crippen LogP contribution in [-0.4, -0.2) is 12.2 Å². The van der Waals surface area contributed by atoms with Crippen LogP contribution in [0.2, 0.25) is 0 Å². The highest BCUT2D eigenvalue weighted by atomic mass is 19.1. The van der Waals surface area contributed by atoms with Crippen LogP contribution in [0.3, 0.4) is 0 Å². The van der Waals surface area contributed by atoms with Gasteiger partial charge >= 0.3 is 0 Å². The van der Waals surface area contributed by atoms with E-state index in [1.807, 2.05) is 0 Å². The molecule has 2 rings (SSSR count). The average Bonchev–Trinajstić information content (AvgIpc) is 2.46. The number of anilines is 2. The van der Waals surface area contributed by atoms with Gasteiger partial charge < -0.3 is 10.0 Å². The Morgan fingerprint density at radius 1 is 1.20 bits per heavy atom. The first-order valence-electron chi connectivity index (χ1n) is 6.25. The van der Waals surface area contributed by atoms with Gasteiger partial charge in [0.05, 0.1) is 23.4 Å². The molecule has 0 aliphatic heterocycles. The molecule has 3 nitrogen and oxygen atoms in total. The minimum absolute atomic E-state index is 0.353. The van der Waals surface area contributed by atoms with Gasteiger partial charge in [-0.2, -0.15) is 5.26 Å². The highest BCUT2D eigenvalue weighted by molar-refractivity contribution is 5.68. The first-order valence-corrected chi connectivity index (χ1v) is 6.25. The summed E-state index contributed by atoms with van der Waals surface area (Å²) in [5.41, 5.74) is 2.12. The van der Waals surface area contributed by atoms with Crippen LogP contribution in [0.5, 0.6) is 0 Å². The van der Waals surface area contributed by atoms with E-state index in [0.717, 1.165) is 0 Å². The minimum Gasteiger partial charge on any atom is -0.389 e. The van der Waals surface area contributed by atoms with E-state index in [2.05, 4.69) is 6.07 Å². The largest absolute Gasteiger partial charge is 0.389 e. The second-order valence-corrected chi connectivity index (χ2v) is 4.57. The lowest BCUT2D eigenvalue weighted by atomic mass is 10.0. The Bertz CT molecular complexity index is 662. The van der Waals surface area contributed by atoms with Crippen LogP contribution < -0.4 is 4.90 Å². The zero-order valence-corrected chi connectivity index (χ0v) is 11.3. The SMILES string of the molecule is C[C@H](O)c1ccc(C#N)cc1N(C)c1ccccc1F. The summed E-state index contributed by atoms with van der Waals surface area (Å²) in [5, 5.41) is 18.8.